The molecule has 1 fully saturated rings. The molecule has 1 saturated heterocycles. The molecule has 0 aliphatic carbocycles. The standard InChI is InChI=1S/C13H22N2/c1-12(2,3)13(4)8-7-11-6-5-9-15(11)14-10-13/h7-8,10-11H,5-6,9H2,1-4H3. The van der Waals surface area contributed by atoms with E-state index in [0.29, 0.717) is 6.04 Å². The molecule has 0 saturated carbocycles. The SMILES string of the molecule is CC(C)(C)C1(C)C=CC2CCCN2N=C1. The van der Waals surface area contributed by atoms with Gasteiger partial charge in [0, 0.05) is 18.2 Å². The zero-order valence-electron chi connectivity index (χ0n) is 10.3. The van der Waals surface area contributed by atoms with Crippen molar-refractivity contribution in [3.8, 4) is 0 Å². The Balaban J connectivity index is 2.28. The Morgan fingerprint density at radius 1 is 1.40 bits per heavy atom. The Labute approximate surface area is 93.0 Å². The minimum absolute atomic E-state index is 0.0807. The van der Waals surface area contributed by atoms with Gasteiger partial charge in [-0.05, 0) is 18.3 Å². The quantitative estimate of drug-likeness (QED) is 0.556. The number of hydrogen-bond donors (Lipinski definition) is 0. The second kappa shape index (κ2) is 3.36. The van der Waals surface area contributed by atoms with Crippen molar-refractivity contribution < 1.29 is 0 Å². The first kappa shape index (κ1) is 10.7. The van der Waals surface area contributed by atoms with E-state index in [1.54, 1.807) is 0 Å². The van der Waals surface area contributed by atoms with Gasteiger partial charge in [-0.25, -0.2) is 0 Å². The molecule has 0 aromatic carbocycles. The summed E-state index contributed by atoms with van der Waals surface area (Å²) in [6.07, 6.45) is 9.37. The highest BCUT2D eigenvalue weighted by molar-refractivity contribution is 5.69. The molecule has 2 unspecified atom stereocenters. The molecule has 2 aliphatic rings. The van der Waals surface area contributed by atoms with E-state index in [-0.39, 0.29) is 10.8 Å². The number of fused-ring (bicyclic) bond motifs is 1. The minimum Gasteiger partial charge on any atom is -0.290 e. The van der Waals surface area contributed by atoms with E-state index in [9.17, 15) is 0 Å². The largest absolute Gasteiger partial charge is 0.290 e. The van der Waals surface area contributed by atoms with E-state index in [1.807, 2.05) is 0 Å². The first-order valence-electron chi connectivity index (χ1n) is 5.93. The summed E-state index contributed by atoms with van der Waals surface area (Å²) < 4.78 is 0. The molecule has 0 bridgehead atoms. The van der Waals surface area contributed by atoms with E-state index in [0.717, 1.165) is 6.54 Å². The molecule has 0 aromatic heterocycles. The molecule has 2 rings (SSSR count). The molecule has 0 radical (unpaired) electrons. The summed E-state index contributed by atoms with van der Waals surface area (Å²) in [6, 6.07) is 0.547. The highest BCUT2D eigenvalue weighted by Gasteiger charge is 2.36. The van der Waals surface area contributed by atoms with Gasteiger partial charge < -0.3 is 0 Å². The van der Waals surface area contributed by atoms with Crippen LogP contribution in [0.2, 0.25) is 0 Å². The van der Waals surface area contributed by atoms with Crippen molar-refractivity contribution in [2.45, 2.75) is 46.6 Å². The lowest BCUT2D eigenvalue weighted by Gasteiger charge is -2.35. The molecule has 2 heterocycles. The molecule has 2 heteroatoms. The molecule has 0 aromatic rings. The average Bonchev–Trinajstić information content (AvgIpc) is 2.51. The number of allylic oxidation sites excluding steroid dienone is 1. The van der Waals surface area contributed by atoms with Gasteiger partial charge in [0.15, 0.2) is 0 Å². The predicted octanol–water partition coefficient (Wildman–Crippen LogP) is 3.06. The topological polar surface area (TPSA) is 15.6 Å². The van der Waals surface area contributed by atoms with Gasteiger partial charge >= 0.3 is 0 Å². The van der Waals surface area contributed by atoms with E-state index >= 15 is 0 Å². The van der Waals surface area contributed by atoms with Crippen LogP contribution in [0.1, 0.15) is 40.5 Å². The van der Waals surface area contributed by atoms with Crippen molar-refractivity contribution in [1.82, 2.24) is 5.01 Å². The molecular weight excluding hydrogens is 184 g/mol. The molecule has 2 nitrogen and oxygen atoms in total. The second-order valence-corrected chi connectivity index (χ2v) is 6.01. The summed E-state index contributed by atoms with van der Waals surface area (Å²) in [4.78, 5) is 0. The van der Waals surface area contributed by atoms with Gasteiger partial charge in [0.1, 0.15) is 0 Å². The monoisotopic (exact) mass is 206 g/mol. The second-order valence-electron chi connectivity index (χ2n) is 6.01. The van der Waals surface area contributed by atoms with Crippen LogP contribution in [0.5, 0.6) is 0 Å². The molecule has 84 valence electrons. The molecule has 2 atom stereocenters. The van der Waals surface area contributed by atoms with Crippen molar-refractivity contribution in [2.75, 3.05) is 6.54 Å². The number of hydrazone groups is 1. The summed E-state index contributed by atoms with van der Waals surface area (Å²) in [5.74, 6) is 0. The Morgan fingerprint density at radius 2 is 2.13 bits per heavy atom. The zero-order chi connectivity index (χ0) is 11.1. The van der Waals surface area contributed by atoms with Gasteiger partial charge in [-0.1, -0.05) is 39.8 Å². The molecule has 0 spiro atoms. The zero-order valence-corrected chi connectivity index (χ0v) is 10.3. The highest BCUT2D eigenvalue weighted by Crippen LogP contribution is 2.40. The van der Waals surface area contributed by atoms with Crippen LogP contribution in [0, 0.1) is 10.8 Å². The summed E-state index contributed by atoms with van der Waals surface area (Å²) in [5.41, 5.74) is 0.310. The maximum absolute atomic E-state index is 4.65. The van der Waals surface area contributed by atoms with E-state index in [4.69, 9.17) is 0 Å². The Morgan fingerprint density at radius 3 is 2.80 bits per heavy atom. The first-order chi connectivity index (χ1) is 6.92. The Hall–Kier alpha value is -0.790. The first-order valence-corrected chi connectivity index (χ1v) is 5.93. The molecule has 15 heavy (non-hydrogen) atoms. The van der Waals surface area contributed by atoms with Crippen molar-refractivity contribution in [3.05, 3.63) is 12.2 Å². The lowest BCUT2D eigenvalue weighted by Crippen LogP contribution is -2.32. The number of hydrogen-bond acceptors (Lipinski definition) is 2. The predicted molar refractivity (Wildman–Crippen MR) is 64.9 cm³/mol. The third-order valence-electron chi connectivity index (χ3n) is 4.02. The fourth-order valence-electron chi connectivity index (χ4n) is 2.11. The van der Waals surface area contributed by atoms with E-state index in [2.05, 4.69) is 56.2 Å². The third kappa shape index (κ3) is 1.82. The van der Waals surface area contributed by atoms with Crippen LogP contribution in [0.4, 0.5) is 0 Å². The van der Waals surface area contributed by atoms with Crippen LogP contribution in [0.15, 0.2) is 17.3 Å². The van der Waals surface area contributed by atoms with Crippen molar-refractivity contribution in [2.24, 2.45) is 15.9 Å². The van der Waals surface area contributed by atoms with Crippen molar-refractivity contribution >= 4 is 6.21 Å². The Bertz CT molecular complexity index is 276. The van der Waals surface area contributed by atoms with Gasteiger partial charge in [0.05, 0.1) is 6.04 Å². The fourth-order valence-corrected chi connectivity index (χ4v) is 2.11. The molecule has 0 N–H and O–H groups in total. The van der Waals surface area contributed by atoms with Gasteiger partial charge in [0.25, 0.3) is 0 Å². The summed E-state index contributed by atoms with van der Waals surface area (Å²) >= 11 is 0. The maximum atomic E-state index is 4.65. The highest BCUT2D eigenvalue weighted by atomic mass is 15.5. The van der Waals surface area contributed by atoms with E-state index < -0.39 is 0 Å². The van der Waals surface area contributed by atoms with Crippen LogP contribution in [0.3, 0.4) is 0 Å². The molecular formula is C13H22N2. The number of rotatable bonds is 0. The van der Waals surface area contributed by atoms with Crippen LogP contribution in [0.25, 0.3) is 0 Å². The molecule has 2 aliphatic heterocycles. The summed E-state index contributed by atoms with van der Waals surface area (Å²) in [7, 11) is 0. The smallest absolute Gasteiger partial charge is 0.0651 e. The van der Waals surface area contributed by atoms with Crippen molar-refractivity contribution in [3.63, 3.8) is 0 Å². The van der Waals surface area contributed by atoms with Crippen LogP contribution in [-0.2, 0) is 0 Å². The van der Waals surface area contributed by atoms with Crippen LogP contribution in [-0.4, -0.2) is 23.8 Å². The number of nitrogens with zero attached hydrogens (tertiary/aromatic N) is 2. The van der Waals surface area contributed by atoms with Gasteiger partial charge in [0.2, 0.25) is 0 Å². The van der Waals surface area contributed by atoms with Gasteiger partial charge in [-0.2, -0.15) is 5.10 Å². The van der Waals surface area contributed by atoms with Gasteiger partial charge in [-0.15, -0.1) is 0 Å². The summed E-state index contributed by atoms with van der Waals surface area (Å²) in [6.45, 7) is 10.2. The van der Waals surface area contributed by atoms with Crippen LogP contribution >= 0.6 is 0 Å². The lowest BCUT2D eigenvalue weighted by molar-refractivity contribution is 0.254. The van der Waals surface area contributed by atoms with Gasteiger partial charge in [-0.3, -0.25) is 5.01 Å². The normalized spacial score (nSPS) is 35.5. The lowest BCUT2D eigenvalue weighted by atomic mass is 9.68. The maximum Gasteiger partial charge on any atom is 0.0651 e. The van der Waals surface area contributed by atoms with Crippen LogP contribution < -0.4 is 0 Å². The van der Waals surface area contributed by atoms with E-state index in [1.165, 1.54) is 12.8 Å². The third-order valence-corrected chi connectivity index (χ3v) is 4.02. The minimum atomic E-state index is 0.0807. The van der Waals surface area contributed by atoms with Crippen molar-refractivity contribution in [1.29, 1.82) is 0 Å². The fraction of sp³-hybridized carbons (Fsp3) is 0.769. The average molecular weight is 206 g/mol. The molecule has 0 amide bonds. The summed E-state index contributed by atoms with van der Waals surface area (Å²) in [5, 5.41) is 6.88. The Kier molecular flexibility index (Phi) is 2.40.